The number of rotatable bonds is 4. The first kappa shape index (κ1) is 16.8. The lowest BCUT2D eigenvalue weighted by atomic mass is 10.1. The van der Waals surface area contributed by atoms with Crippen LogP contribution in [-0.2, 0) is 13.1 Å². The first-order valence-electron chi connectivity index (χ1n) is 7.88. The van der Waals surface area contributed by atoms with E-state index >= 15 is 0 Å². The Morgan fingerprint density at radius 3 is 2.56 bits per heavy atom. The molecular weight excluding hydrogens is 322 g/mol. The maximum atomic E-state index is 13.7. The van der Waals surface area contributed by atoms with Gasteiger partial charge in [0.1, 0.15) is 11.6 Å². The normalized spacial score (nSPS) is 11.6. The fourth-order valence-electron chi connectivity index (χ4n) is 2.57. The Hall–Kier alpha value is -3.02. The van der Waals surface area contributed by atoms with Gasteiger partial charge in [-0.2, -0.15) is 0 Å². The maximum absolute atomic E-state index is 13.7. The summed E-state index contributed by atoms with van der Waals surface area (Å²) in [7, 11) is 1.62. The zero-order valence-electron chi connectivity index (χ0n) is 13.8. The molecule has 1 heterocycles. The van der Waals surface area contributed by atoms with Gasteiger partial charge in [0.05, 0.1) is 5.52 Å². The second-order valence-electron chi connectivity index (χ2n) is 5.51. The average molecular weight is 340 g/mol. The van der Waals surface area contributed by atoms with Crippen LogP contribution in [0.4, 0.5) is 8.78 Å². The van der Waals surface area contributed by atoms with Gasteiger partial charge in [-0.1, -0.05) is 24.3 Å². The van der Waals surface area contributed by atoms with E-state index in [0.29, 0.717) is 12.5 Å². The van der Waals surface area contributed by atoms with Crippen molar-refractivity contribution in [1.29, 1.82) is 0 Å². The molecule has 0 saturated carbocycles. The molecular formula is C19H18F2N4. The van der Waals surface area contributed by atoms with Gasteiger partial charge in [-0.05, 0) is 29.8 Å². The maximum Gasteiger partial charge on any atom is 0.191 e. The molecule has 0 atom stereocenters. The van der Waals surface area contributed by atoms with Gasteiger partial charge >= 0.3 is 0 Å². The van der Waals surface area contributed by atoms with Crippen LogP contribution < -0.4 is 10.6 Å². The third-order valence-corrected chi connectivity index (χ3v) is 3.84. The molecule has 0 saturated heterocycles. The number of hydrogen-bond donors (Lipinski definition) is 2. The Labute approximate surface area is 144 Å². The number of benzene rings is 2. The Balaban J connectivity index is 1.65. The number of aliphatic imine (C=N–C) groups is 1. The SMILES string of the molecule is CN=C(NCc1cc(F)ccc1F)NCc1cccc2cccnc12. The fourth-order valence-corrected chi connectivity index (χ4v) is 2.57. The highest BCUT2D eigenvalue weighted by molar-refractivity contribution is 5.83. The highest BCUT2D eigenvalue weighted by Crippen LogP contribution is 2.15. The molecule has 0 aliphatic rings. The summed E-state index contributed by atoms with van der Waals surface area (Å²) in [5.41, 5.74) is 2.19. The summed E-state index contributed by atoms with van der Waals surface area (Å²) < 4.78 is 26.9. The molecule has 0 amide bonds. The molecule has 2 N–H and O–H groups in total. The minimum atomic E-state index is -0.469. The Kier molecular flexibility index (Phi) is 5.18. The van der Waals surface area contributed by atoms with Crippen LogP contribution in [0.3, 0.4) is 0 Å². The molecule has 25 heavy (non-hydrogen) atoms. The van der Waals surface area contributed by atoms with E-state index in [4.69, 9.17) is 0 Å². The van der Waals surface area contributed by atoms with E-state index in [1.165, 1.54) is 6.07 Å². The van der Waals surface area contributed by atoms with Gasteiger partial charge < -0.3 is 10.6 Å². The Morgan fingerprint density at radius 2 is 1.76 bits per heavy atom. The van der Waals surface area contributed by atoms with Gasteiger partial charge in [-0.3, -0.25) is 9.98 Å². The van der Waals surface area contributed by atoms with Crippen molar-refractivity contribution in [2.24, 2.45) is 4.99 Å². The largest absolute Gasteiger partial charge is 0.352 e. The van der Waals surface area contributed by atoms with Gasteiger partial charge in [0, 0.05) is 37.3 Å². The van der Waals surface area contributed by atoms with Crippen molar-refractivity contribution in [3.8, 4) is 0 Å². The number of guanidine groups is 1. The quantitative estimate of drug-likeness (QED) is 0.565. The summed E-state index contributed by atoms with van der Waals surface area (Å²) in [6, 6.07) is 13.2. The first-order valence-corrected chi connectivity index (χ1v) is 7.88. The van der Waals surface area contributed by atoms with E-state index < -0.39 is 11.6 Å². The minimum Gasteiger partial charge on any atom is -0.352 e. The van der Waals surface area contributed by atoms with E-state index in [9.17, 15) is 8.78 Å². The van der Waals surface area contributed by atoms with Crippen LogP contribution >= 0.6 is 0 Å². The molecule has 0 aliphatic heterocycles. The van der Waals surface area contributed by atoms with Gasteiger partial charge in [0.25, 0.3) is 0 Å². The van der Waals surface area contributed by atoms with Crippen molar-refractivity contribution in [2.75, 3.05) is 7.05 Å². The number of pyridine rings is 1. The monoisotopic (exact) mass is 340 g/mol. The molecule has 3 rings (SSSR count). The van der Waals surface area contributed by atoms with Crippen LogP contribution in [0, 0.1) is 11.6 Å². The molecule has 0 radical (unpaired) electrons. The summed E-state index contributed by atoms with van der Waals surface area (Å²) in [5, 5.41) is 7.21. The van der Waals surface area contributed by atoms with Crippen molar-refractivity contribution in [2.45, 2.75) is 13.1 Å². The number of nitrogens with zero attached hydrogens (tertiary/aromatic N) is 2. The van der Waals surface area contributed by atoms with Crippen molar-refractivity contribution < 1.29 is 8.78 Å². The number of halogens is 2. The second-order valence-corrected chi connectivity index (χ2v) is 5.51. The van der Waals surface area contributed by atoms with Crippen molar-refractivity contribution in [3.63, 3.8) is 0 Å². The van der Waals surface area contributed by atoms with Crippen LogP contribution in [0.2, 0.25) is 0 Å². The number of para-hydroxylation sites is 1. The summed E-state index contributed by atoms with van der Waals surface area (Å²) in [6.07, 6.45) is 1.76. The Morgan fingerprint density at radius 1 is 1.00 bits per heavy atom. The molecule has 4 nitrogen and oxygen atoms in total. The van der Waals surface area contributed by atoms with E-state index in [1.807, 2.05) is 30.3 Å². The molecule has 6 heteroatoms. The van der Waals surface area contributed by atoms with Crippen LogP contribution in [0.5, 0.6) is 0 Å². The zero-order valence-corrected chi connectivity index (χ0v) is 13.8. The van der Waals surface area contributed by atoms with Crippen LogP contribution in [0.1, 0.15) is 11.1 Å². The molecule has 0 aliphatic carbocycles. The number of fused-ring (bicyclic) bond motifs is 1. The molecule has 2 aromatic carbocycles. The fraction of sp³-hybridized carbons (Fsp3) is 0.158. The predicted molar refractivity (Wildman–Crippen MR) is 95.1 cm³/mol. The molecule has 0 spiro atoms. The van der Waals surface area contributed by atoms with E-state index in [-0.39, 0.29) is 12.1 Å². The smallest absolute Gasteiger partial charge is 0.191 e. The molecule has 128 valence electrons. The van der Waals surface area contributed by atoms with E-state index in [2.05, 4.69) is 20.6 Å². The lowest BCUT2D eigenvalue weighted by molar-refractivity contribution is 0.581. The molecule has 0 bridgehead atoms. The lowest BCUT2D eigenvalue weighted by Crippen LogP contribution is -2.36. The molecule has 3 aromatic rings. The summed E-state index contributed by atoms with van der Waals surface area (Å²) in [6.45, 7) is 0.650. The van der Waals surface area contributed by atoms with E-state index in [1.54, 1.807) is 13.2 Å². The summed E-state index contributed by atoms with van der Waals surface area (Å²) >= 11 is 0. The van der Waals surface area contributed by atoms with Crippen molar-refractivity contribution >= 4 is 16.9 Å². The van der Waals surface area contributed by atoms with Gasteiger partial charge in [-0.25, -0.2) is 8.78 Å². The van der Waals surface area contributed by atoms with E-state index in [0.717, 1.165) is 28.6 Å². The number of hydrogen-bond acceptors (Lipinski definition) is 2. The first-order chi connectivity index (χ1) is 12.2. The minimum absolute atomic E-state index is 0.136. The number of nitrogens with one attached hydrogen (secondary N) is 2. The van der Waals surface area contributed by atoms with Crippen molar-refractivity contribution in [3.05, 3.63) is 77.5 Å². The molecule has 1 aromatic heterocycles. The highest BCUT2D eigenvalue weighted by atomic mass is 19.1. The number of aromatic nitrogens is 1. The van der Waals surface area contributed by atoms with Gasteiger partial charge in [-0.15, -0.1) is 0 Å². The lowest BCUT2D eigenvalue weighted by Gasteiger charge is -2.13. The molecule has 0 fully saturated rings. The van der Waals surface area contributed by atoms with Gasteiger partial charge in [0.15, 0.2) is 5.96 Å². The summed E-state index contributed by atoms with van der Waals surface area (Å²) in [5.74, 6) is -0.429. The summed E-state index contributed by atoms with van der Waals surface area (Å²) in [4.78, 5) is 8.52. The average Bonchev–Trinajstić information content (AvgIpc) is 2.64. The standard InChI is InChI=1S/C19H18F2N4/c1-22-19(25-12-15-10-16(20)7-8-17(15)21)24-11-14-5-2-4-13-6-3-9-23-18(13)14/h2-10H,11-12H2,1H3,(H2,22,24,25). The third-order valence-electron chi connectivity index (χ3n) is 3.84. The Bertz CT molecular complexity index is 904. The van der Waals surface area contributed by atoms with Gasteiger partial charge in [0.2, 0.25) is 0 Å². The second kappa shape index (κ2) is 7.70. The van der Waals surface area contributed by atoms with Crippen LogP contribution in [0.15, 0.2) is 59.7 Å². The zero-order chi connectivity index (χ0) is 17.6. The molecule has 0 unspecified atom stereocenters. The third kappa shape index (κ3) is 4.09. The predicted octanol–water partition coefficient (Wildman–Crippen LogP) is 3.38. The van der Waals surface area contributed by atoms with Crippen molar-refractivity contribution in [1.82, 2.24) is 15.6 Å². The van der Waals surface area contributed by atoms with Crippen LogP contribution in [-0.4, -0.2) is 18.0 Å². The van der Waals surface area contributed by atoms with Crippen LogP contribution in [0.25, 0.3) is 10.9 Å². The topological polar surface area (TPSA) is 49.3 Å². The highest BCUT2D eigenvalue weighted by Gasteiger charge is 2.06.